The van der Waals surface area contributed by atoms with Crippen molar-refractivity contribution < 1.29 is 18.3 Å². The van der Waals surface area contributed by atoms with Gasteiger partial charge in [0, 0.05) is 22.1 Å². The molecule has 7 heteroatoms. The second kappa shape index (κ2) is 7.85. The summed E-state index contributed by atoms with van der Waals surface area (Å²) in [6.45, 7) is 4.52. The van der Waals surface area contributed by atoms with E-state index in [1.807, 2.05) is 19.1 Å². The fraction of sp³-hybridized carbons (Fsp3) is 0.348. The van der Waals surface area contributed by atoms with Crippen LogP contribution in [0, 0.1) is 6.92 Å². The van der Waals surface area contributed by atoms with Crippen LogP contribution in [0.25, 0.3) is 10.9 Å². The van der Waals surface area contributed by atoms with Gasteiger partial charge in [-0.1, -0.05) is 48.0 Å². The Morgan fingerprint density at radius 3 is 2.40 bits per heavy atom. The van der Waals surface area contributed by atoms with Crippen LogP contribution in [0.5, 0.6) is 0 Å². The number of hydrogen-bond donors (Lipinski definition) is 1. The molecule has 2 aromatic carbocycles. The van der Waals surface area contributed by atoms with Crippen molar-refractivity contribution >= 4 is 26.8 Å². The fourth-order valence-corrected chi connectivity index (χ4v) is 4.44. The largest absolute Gasteiger partial charge is 0.418 e. The normalized spacial score (nSPS) is 14.7. The Bertz CT molecular complexity index is 1140. The van der Waals surface area contributed by atoms with Crippen molar-refractivity contribution in [2.75, 3.05) is 0 Å². The highest BCUT2D eigenvalue weighted by Gasteiger charge is 2.56. The molecule has 3 aromatic rings. The van der Waals surface area contributed by atoms with Gasteiger partial charge in [-0.25, -0.2) is 0 Å². The van der Waals surface area contributed by atoms with Crippen molar-refractivity contribution in [1.82, 2.24) is 4.57 Å². The van der Waals surface area contributed by atoms with E-state index in [0.29, 0.717) is 10.9 Å². The zero-order valence-electron chi connectivity index (χ0n) is 16.9. The van der Waals surface area contributed by atoms with Gasteiger partial charge in [0.1, 0.15) is 0 Å². The lowest BCUT2D eigenvalue weighted by Crippen LogP contribution is -2.52. The van der Waals surface area contributed by atoms with Gasteiger partial charge in [0.05, 0.1) is 12.1 Å². The van der Waals surface area contributed by atoms with Crippen LogP contribution in [0.4, 0.5) is 13.2 Å². The van der Waals surface area contributed by atoms with Crippen LogP contribution in [-0.2, 0) is 12.0 Å². The number of aliphatic hydroxyl groups is 1. The first-order valence-corrected chi connectivity index (χ1v) is 10.3. The maximum absolute atomic E-state index is 14.2. The number of hydrogen-bond acceptors (Lipinski definition) is 2. The molecule has 1 aromatic heterocycles. The lowest BCUT2D eigenvalue weighted by atomic mass is 9.73. The Hall–Kier alpha value is -2.12. The maximum atomic E-state index is 14.2. The molecule has 0 amide bonds. The number of halogens is 4. The summed E-state index contributed by atoms with van der Waals surface area (Å²) in [6.07, 6.45) is -4.10. The molecule has 0 bridgehead atoms. The van der Waals surface area contributed by atoms with Crippen LogP contribution in [0.1, 0.15) is 31.4 Å². The van der Waals surface area contributed by atoms with Gasteiger partial charge in [-0.15, -0.1) is 0 Å². The summed E-state index contributed by atoms with van der Waals surface area (Å²) in [5, 5.41) is 11.3. The zero-order chi connectivity index (χ0) is 22.3. The third-order valence-electron chi connectivity index (χ3n) is 5.51. The quantitative estimate of drug-likeness (QED) is 0.505. The molecule has 0 radical (unpaired) electrons. The summed E-state index contributed by atoms with van der Waals surface area (Å²) in [7, 11) is 0. The third-order valence-corrected chi connectivity index (χ3v) is 6.00. The number of pyridine rings is 1. The molecule has 1 heterocycles. The van der Waals surface area contributed by atoms with Gasteiger partial charge in [0.2, 0.25) is 0 Å². The molecule has 160 valence electrons. The Labute approximate surface area is 181 Å². The number of para-hydroxylation sites is 1. The average molecular weight is 482 g/mol. The Morgan fingerprint density at radius 1 is 1.07 bits per heavy atom. The van der Waals surface area contributed by atoms with Crippen molar-refractivity contribution in [3.8, 4) is 0 Å². The summed E-state index contributed by atoms with van der Waals surface area (Å²) in [4.78, 5) is 12.1. The monoisotopic (exact) mass is 481 g/mol. The number of nitrogens with zero attached hydrogens (tertiary/aromatic N) is 1. The summed E-state index contributed by atoms with van der Waals surface area (Å²) in [5.41, 5.74) is -2.31. The standard InChI is InChI=1S/C23H23BrF3NO2/c1-15-8-9-16(24)12-18(15)21(2,3)13-22(30,23(25,26)27)14-28-11-10-20(29)17-6-4-5-7-19(17)28/h4-12,30H,13-14H2,1-3H3. The van der Waals surface area contributed by atoms with E-state index in [-0.39, 0.29) is 5.43 Å². The van der Waals surface area contributed by atoms with Crippen LogP contribution < -0.4 is 5.43 Å². The van der Waals surface area contributed by atoms with E-state index in [1.165, 1.54) is 16.8 Å². The molecule has 0 aliphatic heterocycles. The van der Waals surface area contributed by atoms with E-state index in [0.717, 1.165) is 15.6 Å². The highest BCUT2D eigenvalue weighted by atomic mass is 79.9. The van der Waals surface area contributed by atoms with Crippen LogP contribution >= 0.6 is 15.9 Å². The molecular formula is C23H23BrF3NO2. The molecular weight excluding hydrogens is 459 g/mol. The first kappa shape index (κ1) is 22.6. The van der Waals surface area contributed by atoms with E-state index in [4.69, 9.17) is 0 Å². The molecule has 1 atom stereocenters. The van der Waals surface area contributed by atoms with Crippen LogP contribution in [0.15, 0.2) is 64.0 Å². The fourth-order valence-electron chi connectivity index (χ4n) is 4.08. The molecule has 0 aliphatic carbocycles. The molecule has 30 heavy (non-hydrogen) atoms. The predicted octanol–water partition coefficient (Wildman–Crippen LogP) is 5.73. The lowest BCUT2D eigenvalue weighted by molar-refractivity contribution is -0.271. The minimum atomic E-state index is -4.87. The summed E-state index contributed by atoms with van der Waals surface area (Å²) >= 11 is 3.38. The minimum Gasteiger partial charge on any atom is -0.379 e. The number of rotatable bonds is 5. The van der Waals surface area contributed by atoms with Crippen LogP contribution in [0.2, 0.25) is 0 Å². The molecule has 1 unspecified atom stereocenters. The topological polar surface area (TPSA) is 42.2 Å². The van der Waals surface area contributed by atoms with Gasteiger partial charge >= 0.3 is 6.18 Å². The number of aromatic nitrogens is 1. The molecule has 0 saturated carbocycles. The number of benzene rings is 2. The number of aryl methyl sites for hydroxylation is 1. The average Bonchev–Trinajstić information content (AvgIpc) is 2.65. The minimum absolute atomic E-state index is 0.275. The number of alkyl halides is 3. The molecule has 1 N–H and O–H groups in total. The van der Waals surface area contributed by atoms with E-state index in [9.17, 15) is 23.1 Å². The highest BCUT2D eigenvalue weighted by Crippen LogP contribution is 2.43. The van der Waals surface area contributed by atoms with Gasteiger partial charge in [-0.2, -0.15) is 13.2 Å². The summed E-state index contributed by atoms with van der Waals surface area (Å²) < 4.78 is 44.5. The van der Waals surface area contributed by atoms with Crippen molar-refractivity contribution in [2.45, 2.75) is 50.9 Å². The SMILES string of the molecule is Cc1ccc(Br)cc1C(C)(C)CC(O)(Cn1ccc(=O)c2ccccc21)C(F)(F)F. The smallest absolute Gasteiger partial charge is 0.379 e. The highest BCUT2D eigenvalue weighted by molar-refractivity contribution is 9.10. The maximum Gasteiger partial charge on any atom is 0.418 e. The van der Waals surface area contributed by atoms with Crippen molar-refractivity contribution in [2.24, 2.45) is 0 Å². The van der Waals surface area contributed by atoms with Crippen LogP contribution in [0.3, 0.4) is 0 Å². The Morgan fingerprint density at radius 2 is 1.73 bits per heavy atom. The van der Waals surface area contributed by atoms with Crippen molar-refractivity contribution in [3.63, 3.8) is 0 Å². The number of fused-ring (bicyclic) bond motifs is 1. The summed E-state index contributed by atoms with van der Waals surface area (Å²) in [6, 6.07) is 13.1. The Kier molecular flexibility index (Phi) is 5.91. The second-order valence-corrected chi connectivity index (χ2v) is 9.29. The van der Waals surface area contributed by atoms with E-state index in [1.54, 1.807) is 44.2 Å². The van der Waals surface area contributed by atoms with E-state index < -0.39 is 30.2 Å². The molecule has 0 saturated heterocycles. The van der Waals surface area contributed by atoms with E-state index in [2.05, 4.69) is 15.9 Å². The zero-order valence-corrected chi connectivity index (χ0v) is 18.5. The van der Waals surface area contributed by atoms with E-state index >= 15 is 0 Å². The molecule has 3 rings (SSSR count). The van der Waals surface area contributed by atoms with Gasteiger partial charge in [0.25, 0.3) is 0 Å². The van der Waals surface area contributed by atoms with Gasteiger partial charge in [-0.3, -0.25) is 4.79 Å². The molecule has 0 spiro atoms. The van der Waals surface area contributed by atoms with Crippen molar-refractivity contribution in [1.29, 1.82) is 0 Å². The third kappa shape index (κ3) is 4.32. The molecule has 0 aliphatic rings. The van der Waals surface area contributed by atoms with Crippen molar-refractivity contribution in [3.05, 3.63) is 80.6 Å². The van der Waals surface area contributed by atoms with Crippen LogP contribution in [-0.4, -0.2) is 21.5 Å². The second-order valence-electron chi connectivity index (χ2n) is 8.37. The predicted molar refractivity (Wildman–Crippen MR) is 116 cm³/mol. The lowest BCUT2D eigenvalue weighted by Gasteiger charge is -2.39. The molecule has 3 nitrogen and oxygen atoms in total. The first-order valence-electron chi connectivity index (χ1n) is 9.48. The summed E-state index contributed by atoms with van der Waals surface area (Å²) in [5.74, 6) is 0. The Balaban J connectivity index is 2.07. The van der Waals surface area contributed by atoms with Gasteiger partial charge < -0.3 is 9.67 Å². The van der Waals surface area contributed by atoms with Gasteiger partial charge in [0.15, 0.2) is 11.0 Å². The van der Waals surface area contributed by atoms with Gasteiger partial charge in [-0.05, 0) is 54.2 Å². The molecule has 0 fully saturated rings. The first-order chi connectivity index (χ1) is 13.8.